The number of imidazole rings is 1. The van der Waals surface area contributed by atoms with Gasteiger partial charge in [0, 0.05) is 17.3 Å². The summed E-state index contributed by atoms with van der Waals surface area (Å²) in [5.41, 5.74) is 2.50. The van der Waals surface area contributed by atoms with Gasteiger partial charge in [-0.2, -0.15) is 0 Å². The summed E-state index contributed by atoms with van der Waals surface area (Å²) >= 11 is 1.75. The fourth-order valence-corrected chi connectivity index (χ4v) is 3.98. The van der Waals surface area contributed by atoms with Crippen LogP contribution in [0, 0.1) is 0 Å². The minimum Gasteiger partial charge on any atom is -0.326 e. The van der Waals surface area contributed by atoms with Gasteiger partial charge in [0.2, 0.25) is 0 Å². The van der Waals surface area contributed by atoms with Gasteiger partial charge < -0.3 is 4.98 Å². The smallest absolute Gasteiger partial charge is 0.161 e. The number of thiazole rings is 1. The van der Waals surface area contributed by atoms with E-state index in [2.05, 4.69) is 67.8 Å². The molecule has 0 spiro atoms. The fourth-order valence-electron chi connectivity index (χ4n) is 2.92. The second-order valence-electron chi connectivity index (χ2n) is 8.40. The first-order valence-electron chi connectivity index (χ1n) is 8.80. The number of hydrogen-bond donors (Lipinski definition) is 1. The quantitative estimate of drug-likeness (QED) is 0.567. The molecular formula is C20H23N5S. The van der Waals surface area contributed by atoms with Crippen LogP contribution in [0.4, 0.5) is 0 Å². The van der Waals surface area contributed by atoms with Crippen molar-refractivity contribution in [2.75, 3.05) is 0 Å². The topological polar surface area (TPSA) is 67.3 Å². The van der Waals surface area contributed by atoms with E-state index in [1.54, 1.807) is 11.3 Å². The first-order valence-corrected chi connectivity index (χ1v) is 9.62. The van der Waals surface area contributed by atoms with Gasteiger partial charge in [-0.25, -0.2) is 19.9 Å². The van der Waals surface area contributed by atoms with E-state index in [0.29, 0.717) is 0 Å². The molecule has 134 valence electrons. The number of H-pyrrole nitrogens is 1. The number of rotatable bonds is 3. The highest BCUT2D eigenvalue weighted by Gasteiger charge is 2.27. The van der Waals surface area contributed by atoms with Crippen molar-refractivity contribution in [3.8, 4) is 0 Å². The predicted molar refractivity (Wildman–Crippen MR) is 107 cm³/mol. The minimum atomic E-state index is -0.135. The maximum atomic E-state index is 4.82. The molecule has 26 heavy (non-hydrogen) atoms. The summed E-state index contributed by atoms with van der Waals surface area (Å²) in [6, 6.07) is 8.26. The highest BCUT2D eigenvalue weighted by molar-refractivity contribution is 7.18. The predicted octanol–water partition coefficient (Wildman–Crippen LogP) is 4.78. The summed E-state index contributed by atoms with van der Waals surface area (Å²) in [6.45, 7) is 10.8. The van der Waals surface area contributed by atoms with Gasteiger partial charge in [0.1, 0.15) is 17.2 Å². The van der Waals surface area contributed by atoms with Crippen LogP contribution < -0.4 is 0 Å². The van der Waals surface area contributed by atoms with Gasteiger partial charge in [-0.1, -0.05) is 46.8 Å². The third-order valence-electron chi connectivity index (χ3n) is 4.47. The van der Waals surface area contributed by atoms with Crippen molar-refractivity contribution in [2.24, 2.45) is 0 Å². The maximum absolute atomic E-state index is 4.82. The largest absolute Gasteiger partial charge is 0.326 e. The molecule has 3 aromatic heterocycles. The Labute approximate surface area is 156 Å². The molecule has 4 aromatic rings. The van der Waals surface area contributed by atoms with E-state index < -0.39 is 0 Å². The second kappa shape index (κ2) is 5.84. The average molecular weight is 366 g/mol. The Morgan fingerprint density at radius 3 is 2.46 bits per heavy atom. The standard InChI is InChI=1S/C20H23N5S/c1-19(2,3)17-22-13-11-21-15(24-16(13)25-17)10-20(4,5)18-23-12-8-6-7-9-14(12)26-18/h6-9,11H,10H2,1-5H3,(H,21,22,24,25). The van der Waals surface area contributed by atoms with E-state index in [1.807, 2.05) is 12.3 Å². The molecule has 0 unspecified atom stereocenters. The van der Waals surface area contributed by atoms with Gasteiger partial charge in [0.15, 0.2) is 5.65 Å². The van der Waals surface area contributed by atoms with Crippen LogP contribution in [0.1, 0.15) is 51.3 Å². The van der Waals surface area contributed by atoms with Crippen LogP contribution >= 0.6 is 11.3 Å². The lowest BCUT2D eigenvalue weighted by Gasteiger charge is -2.20. The highest BCUT2D eigenvalue weighted by atomic mass is 32.1. The molecule has 1 aromatic carbocycles. The molecular weight excluding hydrogens is 342 g/mol. The summed E-state index contributed by atoms with van der Waals surface area (Å²) < 4.78 is 1.22. The van der Waals surface area contributed by atoms with Crippen LogP contribution in [-0.4, -0.2) is 24.9 Å². The van der Waals surface area contributed by atoms with Gasteiger partial charge in [-0.3, -0.25) is 0 Å². The van der Waals surface area contributed by atoms with Crippen LogP contribution in [0.25, 0.3) is 21.4 Å². The Balaban J connectivity index is 1.66. The molecule has 3 heterocycles. The summed E-state index contributed by atoms with van der Waals surface area (Å²) in [5, 5.41) is 1.11. The number of para-hydroxylation sites is 1. The zero-order valence-electron chi connectivity index (χ0n) is 15.8. The fraction of sp³-hybridized carbons (Fsp3) is 0.400. The van der Waals surface area contributed by atoms with Crippen LogP contribution in [0.2, 0.25) is 0 Å². The van der Waals surface area contributed by atoms with Gasteiger partial charge in [0.25, 0.3) is 0 Å². The number of benzene rings is 1. The summed E-state index contributed by atoms with van der Waals surface area (Å²) in [6.07, 6.45) is 2.55. The summed E-state index contributed by atoms with van der Waals surface area (Å²) in [5.74, 6) is 1.75. The molecule has 0 aliphatic rings. The molecule has 0 aliphatic heterocycles. The van der Waals surface area contributed by atoms with Gasteiger partial charge >= 0.3 is 0 Å². The molecule has 5 nitrogen and oxygen atoms in total. The van der Waals surface area contributed by atoms with E-state index >= 15 is 0 Å². The van der Waals surface area contributed by atoms with Crippen molar-refractivity contribution < 1.29 is 0 Å². The van der Waals surface area contributed by atoms with E-state index in [9.17, 15) is 0 Å². The van der Waals surface area contributed by atoms with Crippen LogP contribution in [-0.2, 0) is 17.3 Å². The SMILES string of the molecule is CC(C)(C)c1nc2cnc(CC(C)(C)c3nc4ccccc4s3)nc2[nH]1. The molecule has 0 aliphatic carbocycles. The lowest BCUT2D eigenvalue weighted by Crippen LogP contribution is -2.21. The Kier molecular flexibility index (Phi) is 3.84. The Morgan fingerprint density at radius 2 is 1.73 bits per heavy atom. The first kappa shape index (κ1) is 17.1. The van der Waals surface area contributed by atoms with E-state index in [-0.39, 0.29) is 10.8 Å². The molecule has 0 fully saturated rings. The normalized spacial score (nSPS) is 13.0. The average Bonchev–Trinajstić information content (AvgIpc) is 3.18. The monoisotopic (exact) mass is 365 g/mol. The number of aromatic amines is 1. The van der Waals surface area contributed by atoms with Crippen LogP contribution in [0.5, 0.6) is 0 Å². The van der Waals surface area contributed by atoms with Crippen molar-refractivity contribution >= 4 is 32.7 Å². The molecule has 1 N–H and O–H groups in total. The van der Waals surface area contributed by atoms with Crippen molar-refractivity contribution in [2.45, 2.75) is 51.9 Å². The lowest BCUT2D eigenvalue weighted by atomic mass is 9.90. The van der Waals surface area contributed by atoms with Gasteiger partial charge in [0.05, 0.1) is 21.4 Å². The first-order chi connectivity index (χ1) is 12.2. The Bertz CT molecular complexity index is 1050. The summed E-state index contributed by atoms with van der Waals surface area (Å²) in [4.78, 5) is 22.1. The van der Waals surface area contributed by atoms with E-state index in [4.69, 9.17) is 9.97 Å². The number of hydrogen-bond acceptors (Lipinski definition) is 5. The highest BCUT2D eigenvalue weighted by Crippen LogP contribution is 2.33. The Morgan fingerprint density at radius 1 is 0.962 bits per heavy atom. The summed E-state index contributed by atoms with van der Waals surface area (Å²) in [7, 11) is 0. The number of fused-ring (bicyclic) bond motifs is 2. The molecule has 4 rings (SSSR count). The molecule has 0 saturated carbocycles. The van der Waals surface area contributed by atoms with Crippen molar-refractivity contribution in [1.29, 1.82) is 0 Å². The molecule has 0 amide bonds. The molecule has 0 radical (unpaired) electrons. The lowest BCUT2D eigenvalue weighted by molar-refractivity contribution is 0.505. The van der Waals surface area contributed by atoms with Crippen LogP contribution in [0.3, 0.4) is 0 Å². The van der Waals surface area contributed by atoms with E-state index in [1.165, 1.54) is 4.70 Å². The molecule has 0 bridgehead atoms. The van der Waals surface area contributed by atoms with Crippen molar-refractivity contribution in [3.63, 3.8) is 0 Å². The minimum absolute atomic E-state index is 0.0405. The zero-order chi connectivity index (χ0) is 18.5. The number of nitrogens with one attached hydrogen (secondary N) is 1. The second-order valence-corrected chi connectivity index (χ2v) is 9.43. The van der Waals surface area contributed by atoms with Gasteiger partial charge in [-0.15, -0.1) is 11.3 Å². The maximum Gasteiger partial charge on any atom is 0.161 e. The number of aromatic nitrogens is 5. The van der Waals surface area contributed by atoms with Crippen molar-refractivity contribution in [1.82, 2.24) is 24.9 Å². The Hall–Kier alpha value is -2.34. The zero-order valence-corrected chi connectivity index (χ0v) is 16.6. The van der Waals surface area contributed by atoms with E-state index in [0.717, 1.165) is 39.8 Å². The molecule has 6 heteroatoms. The third kappa shape index (κ3) is 3.09. The van der Waals surface area contributed by atoms with Crippen LogP contribution in [0.15, 0.2) is 30.5 Å². The number of nitrogens with zero attached hydrogens (tertiary/aromatic N) is 4. The third-order valence-corrected chi connectivity index (χ3v) is 5.87. The molecule has 0 atom stereocenters. The van der Waals surface area contributed by atoms with Crippen molar-refractivity contribution in [3.05, 3.63) is 47.1 Å². The van der Waals surface area contributed by atoms with Gasteiger partial charge in [-0.05, 0) is 12.1 Å². The molecule has 0 saturated heterocycles.